The molecule has 0 saturated heterocycles. The second kappa shape index (κ2) is 4.49. The van der Waals surface area contributed by atoms with E-state index in [1.807, 2.05) is 31.2 Å². The summed E-state index contributed by atoms with van der Waals surface area (Å²) in [4.78, 5) is 0.854. The topological polar surface area (TPSA) is 34.1 Å². The minimum absolute atomic E-state index is 0.381. The van der Waals surface area contributed by atoms with Crippen molar-refractivity contribution in [2.24, 2.45) is 0 Å². The number of rotatable bonds is 3. The molecule has 2 nitrogen and oxygen atoms in total. The van der Waals surface area contributed by atoms with Crippen LogP contribution in [0.3, 0.4) is 0 Å². The Morgan fingerprint density at radius 1 is 0.947 bits per heavy atom. The summed E-state index contributed by atoms with van der Waals surface area (Å²) in [6, 6.07) is 14.4. The van der Waals surface area contributed by atoms with Gasteiger partial charge in [-0.25, -0.2) is 8.42 Å². The van der Waals surface area contributed by atoms with Gasteiger partial charge in [-0.2, -0.15) is 0 Å². The lowest BCUT2D eigenvalue weighted by atomic mass is 10.1. The van der Waals surface area contributed by atoms with Crippen molar-refractivity contribution in [2.75, 3.05) is 0 Å². The molecule has 2 aromatic carbocycles. The normalized spacial score (nSPS) is 15.4. The summed E-state index contributed by atoms with van der Waals surface area (Å²) in [6.07, 6.45) is 2.20. The maximum atomic E-state index is 12.7. The van der Waals surface area contributed by atoms with Crippen molar-refractivity contribution in [1.82, 2.24) is 0 Å². The van der Waals surface area contributed by atoms with Crippen molar-refractivity contribution in [3.63, 3.8) is 0 Å². The van der Waals surface area contributed by atoms with Crippen molar-refractivity contribution in [3.05, 3.63) is 59.7 Å². The molecule has 3 rings (SSSR count). The van der Waals surface area contributed by atoms with Crippen molar-refractivity contribution in [1.29, 1.82) is 0 Å². The van der Waals surface area contributed by atoms with E-state index in [1.165, 1.54) is 0 Å². The second-order valence-corrected chi connectivity index (χ2v) is 7.05. The molecule has 0 heterocycles. The number of aryl methyl sites for hydroxylation is 1. The molecule has 1 aliphatic carbocycles. The lowest BCUT2D eigenvalue weighted by Gasteiger charge is -2.10. The van der Waals surface area contributed by atoms with E-state index in [0.717, 1.165) is 24.0 Å². The minimum atomic E-state index is -3.39. The first-order valence-electron chi connectivity index (χ1n) is 6.50. The minimum Gasteiger partial charge on any atom is -0.219 e. The smallest absolute Gasteiger partial charge is 0.206 e. The lowest BCUT2D eigenvalue weighted by Crippen LogP contribution is -2.05. The molecule has 0 radical (unpaired) electrons. The van der Waals surface area contributed by atoms with E-state index in [4.69, 9.17) is 0 Å². The third-order valence-corrected chi connectivity index (χ3v) is 5.40. The fraction of sp³-hybridized carbons (Fsp3) is 0.250. The van der Waals surface area contributed by atoms with Gasteiger partial charge >= 0.3 is 0 Å². The number of hydrogen-bond donors (Lipinski definition) is 0. The van der Waals surface area contributed by atoms with Crippen LogP contribution >= 0.6 is 0 Å². The molecule has 0 bridgehead atoms. The van der Waals surface area contributed by atoms with Crippen LogP contribution in [0.4, 0.5) is 0 Å². The summed E-state index contributed by atoms with van der Waals surface area (Å²) in [5.41, 5.74) is 2.04. The Labute approximate surface area is 114 Å². The molecule has 0 unspecified atom stereocenters. The fourth-order valence-electron chi connectivity index (χ4n) is 2.30. The highest BCUT2D eigenvalue weighted by Crippen LogP contribution is 2.43. The molecule has 0 spiro atoms. The van der Waals surface area contributed by atoms with Gasteiger partial charge < -0.3 is 0 Å². The van der Waals surface area contributed by atoms with Gasteiger partial charge in [-0.05, 0) is 49.4 Å². The van der Waals surface area contributed by atoms with Crippen LogP contribution in [0.15, 0.2) is 58.3 Å². The van der Waals surface area contributed by atoms with Crippen LogP contribution in [0.25, 0.3) is 0 Å². The van der Waals surface area contributed by atoms with Crippen LogP contribution in [0.1, 0.15) is 29.9 Å². The summed E-state index contributed by atoms with van der Waals surface area (Å²) in [7, 11) is -3.39. The quantitative estimate of drug-likeness (QED) is 0.853. The maximum Gasteiger partial charge on any atom is 0.206 e. The van der Waals surface area contributed by atoms with Gasteiger partial charge in [0.25, 0.3) is 0 Å². The fourth-order valence-corrected chi connectivity index (χ4v) is 3.85. The first-order valence-corrected chi connectivity index (χ1v) is 7.98. The zero-order valence-corrected chi connectivity index (χ0v) is 11.7. The Hall–Kier alpha value is -1.61. The van der Waals surface area contributed by atoms with Crippen molar-refractivity contribution < 1.29 is 8.42 Å². The third kappa shape index (κ3) is 2.30. The molecule has 0 N–H and O–H groups in total. The summed E-state index contributed by atoms with van der Waals surface area (Å²) < 4.78 is 25.4. The molecular formula is C16H16O2S. The highest BCUT2D eigenvalue weighted by atomic mass is 32.2. The first-order chi connectivity index (χ1) is 9.09. The molecule has 98 valence electrons. The highest BCUT2D eigenvalue weighted by molar-refractivity contribution is 7.91. The molecule has 0 amide bonds. The number of sulfone groups is 1. The Bertz CT molecular complexity index is 696. The SMILES string of the molecule is Cc1ccc(S(=O)(=O)c2ccccc2C2CC2)cc1. The zero-order chi connectivity index (χ0) is 13.5. The highest BCUT2D eigenvalue weighted by Gasteiger charge is 2.30. The van der Waals surface area contributed by atoms with E-state index >= 15 is 0 Å². The predicted molar refractivity (Wildman–Crippen MR) is 75.0 cm³/mol. The molecular weight excluding hydrogens is 256 g/mol. The van der Waals surface area contributed by atoms with Gasteiger partial charge in [-0.1, -0.05) is 35.9 Å². The molecule has 19 heavy (non-hydrogen) atoms. The van der Waals surface area contributed by atoms with E-state index in [2.05, 4.69) is 0 Å². The average Bonchev–Trinajstić information content (AvgIpc) is 3.23. The molecule has 0 aliphatic heterocycles. The van der Waals surface area contributed by atoms with Gasteiger partial charge in [0.15, 0.2) is 0 Å². The van der Waals surface area contributed by atoms with Gasteiger partial charge in [-0.3, -0.25) is 0 Å². The Balaban J connectivity index is 2.12. The van der Waals surface area contributed by atoms with Gasteiger partial charge in [0.2, 0.25) is 9.84 Å². The van der Waals surface area contributed by atoms with Gasteiger partial charge in [0.1, 0.15) is 0 Å². The van der Waals surface area contributed by atoms with Crippen LogP contribution in [0.5, 0.6) is 0 Å². The van der Waals surface area contributed by atoms with Crippen LogP contribution in [0.2, 0.25) is 0 Å². The Morgan fingerprint density at radius 3 is 2.21 bits per heavy atom. The number of hydrogen-bond acceptors (Lipinski definition) is 2. The standard InChI is InChI=1S/C16H16O2S/c1-12-6-10-14(11-7-12)19(17,18)16-5-3-2-4-15(16)13-8-9-13/h2-7,10-11,13H,8-9H2,1H3. The molecule has 0 atom stereocenters. The van der Waals surface area contributed by atoms with Gasteiger partial charge in [0, 0.05) is 0 Å². The third-order valence-electron chi connectivity index (χ3n) is 3.56. The molecule has 3 heteroatoms. The van der Waals surface area contributed by atoms with E-state index < -0.39 is 9.84 Å². The molecule has 2 aromatic rings. The van der Waals surface area contributed by atoms with Crippen LogP contribution < -0.4 is 0 Å². The van der Waals surface area contributed by atoms with E-state index in [0.29, 0.717) is 15.7 Å². The molecule has 1 fully saturated rings. The number of benzene rings is 2. The molecule has 0 aromatic heterocycles. The Kier molecular flexibility index (Phi) is 2.94. The Morgan fingerprint density at radius 2 is 1.58 bits per heavy atom. The average molecular weight is 272 g/mol. The summed E-state index contributed by atoms with van der Waals surface area (Å²) in [6.45, 7) is 1.95. The molecule has 1 saturated carbocycles. The van der Waals surface area contributed by atoms with Crippen LogP contribution in [-0.2, 0) is 9.84 Å². The van der Waals surface area contributed by atoms with Gasteiger partial charge in [-0.15, -0.1) is 0 Å². The lowest BCUT2D eigenvalue weighted by molar-refractivity contribution is 0.595. The summed E-state index contributed by atoms with van der Waals surface area (Å²) >= 11 is 0. The van der Waals surface area contributed by atoms with Crippen molar-refractivity contribution in [3.8, 4) is 0 Å². The maximum absolute atomic E-state index is 12.7. The summed E-state index contributed by atoms with van der Waals surface area (Å²) in [5, 5.41) is 0. The van der Waals surface area contributed by atoms with Crippen LogP contribution in [0, 0.1) is 6.92 Å². The van der Waals surface area contributed by atoms with Gasteiger partial charge in [0.05, 0.1) is 9.79 Å². The summed E-state index contributed by atoms with van der Waals surface area (Å²) in [5.74, 6) is 0.427. The van der Waals surface area contributed by atoms with E-state index in [-0.39, 0.29) is 0 Å². The zero-order valence-electron chi connectivity index (χ0n) is 10.8. The van der Waals surface area contributed by atoms with Crippen molar-refractivity contribution >= 4 is 9.84 Å². The second-order valence-electron chi connectivity index (χ2n) is 5.13. The molecule has 1 aliphatic rings. The van der Waals surface area contributed by atoms with E-state index in [9.17, 15) is 8.42 Å². The van der Waals surface area contributed by atoms with Crippen LogP contribution in [-0.4, -0.2) is 8.42 Å². The van der Waals surface area contributed by atoms with E-state index in [1.54, 1.807) is 24.3 Å². The van der Waals surface area contributed by atoms with Crippen molar-refractivity contribution in [2.45, 2.75) is 35.5 Å². The monoisotopic (exact) mass is 272 g/mol. The first kappa shape index (κ1) is 12.4. The predicted octanol–water partition coefficient (Wildman–Crippen LogP) is 3.71. The largest absolute Gasteiger partial charge is 0.219 e.